The van der Waals surface area contributed by atoms with Crippen molar-refractivity contribution < 1.29 is 9.90 Å². The van der Waals surface area contributed by atoms with Crippen LogP contribution in [0.1, 0.15) is 12.0 Å². The van der Waals surface area contributed by atoms with Gasteiger partial charge in [-0.15, -0.1) is 0 Å². The number of halogens is 2. The molecule has 0 heterocycles. The van der Waals surface area contributed by atoms with E-state index >= 15 is 0 Å². The number of rotatable bonds is 5. The minimum atomic E-state index is -0.813. The lowest BCUT2D eigenvalue weighted by Crippen LogP contribution is -2.17. The highest BCUT2D eigenvalue weighted by molar-refractivity contribution is 6.34. The fourth-order valence-corrected chi connectivity index (χ4v) is 1.71. The van der Waals surface area contributed by atoms with Gasteiger partial charge in [0.25, 0.3) is 0 Å². The van der Waals surface area contributed by atoms with E-state index in [4.69, 9.17) is 28.3 Å². The van der Waals surface area contributed by atoms with Crippen molar-refractivity contribution in [3.8, 4) is 0 Å². The maximum Gasteiger partial charge on any atom is 0.304 e. The predicted octanol–water partition coefficient (Wildman–Crippen LogP) is 2.56. The highest BCUT2D eigenvalue weighted by Crippen LogP contribution is 2.18. The van der Waals surface area contributed by atoms with Gasteiger partial charge in [0.15, 0.2) is 0 Å². The normalized spacial score (nSPS) is 10.3. The van der Waals surface area contributed by atoms with Crippen molar-refractivity contribution in [2.45, 2.75) is 13.0 Å². The van der Waals surface area contributed by atoms with Crippen molar-refractivity contribution in [3.63, 3.8) is 0 Å². The number of aliphatic carboxylic acids is 1. The van der Waals surface area contributed by atoms with Crippen LogP contribution >= 0.6 is 23.2 Å². The molecule has 0 unspecified atom stereocenters. The maximum absolute atomic E-state index is 10.2. The molecule has 0 aliphatic heterocycles. The van der Waals surface area contributed by atoms with Gasteiger partial charge in [-0.25, -0.2) is 0 Å². The van der Waals surface area contributed by atoms with Crippen molar-refractivity contribution in [2.24, 2.45) is 0 Å². The first-order valence-corrected chi connectivity index (χ1v) is 5.21. The van der Waals surface area contributed by atoms with Crippen LogP contribution in [0.3, 0.4) is 0 Å². The first-order chi connectivity index (χ1) is 7.08. The summed E-state index contributed by atoms with van der Waals surface area (Å²) in [5, 5.41) is 12.6. The van der Waals surface area contributed by atoms with Crippen LogP contribution in [0, 0.1) is 0 Å². The van der Waals surface area contributed by atoms with Crippen LogP contribution in [0.15, 0.2) is 18.2 Å². The molecule has 0 amide bonds. The van der Waals surface area contributed by atoms with E-state index in [0.717, 1.165) is 5.56 Å². The monoisotopic (exact) mass is 247 g/mol. The van der Waals surface area contributed by atoms with Crippen LogP contribution in [0.4, 0.5) is 0 Å². The van der Waals surface area contributed by atoms with Gasteiger partial charge in [-0.1, -0.05) is 23.2 Å². The highest BCUT2D eigenvalue weighted by atomic mass is 35.5. The van der Waals surface area contributed by atoms with Gasteiger partial charge in [-0.05, 0) is 23.8 Å². The summed E-state index contributed by atoms with van der Waals surface area (Å²) in [6, 6.07) is 5.24. The van der Waals surface area contributed by atoms with Crippen molar-refractivity contribution in [2.75, 3.05) is 6.54 Å². The standard InChI is InChI=1S/C10H11Cl2NO2/c11-8-3-7(4-9(12)5-8)6-13-2-1-10(14)15/h3-5,13H,1-2,6H2,(H,14,15). The van der Waals surface area contributed by atoms with E-state index in [1.807, 2.05) is 0 Å². The molecule has 0 saturated carbocycles. The van der Waals surface area contributed by atoms with Gasteiger partial charge in [-0.2, -0.15) is 0 Å². The van der Waals surface area contributed by atoms with Crippen LogP contribution in [0.25, 0.3) is 0 Å². The van der Waals surface area contributed by atoms with Gasteiger partial charge >= 0.3 is 5.97 Å². The number of benzene rings is 1. The van der Waals surface area contributed by atoms with Crippen LogP contribution in [0.2, 0.25) is 10.0 Å². The molecule has 0 radical (unpaired) electrons. The molecule has 0 aromatic heterocycles. The summed E-state index contributed by atoms with van der Waals surface area (Å²) in [4.78, 5) is 10.2. The Morgan fingerprint density at radius 1 is 1.27 bits per heavy atom. The summed E-state index contributed by atoms with van der Waals surface area (Å²) in [7, 11) is 0. The fraction of sp³-hybridized carbons (Fsp3) is 0.300. The predicted molar refractivity (Wildman–Crippen MR) is 60.4 cm³/mol. The largest absolute Gasteiger partial charge is 0.481 e. The molecule has 0 saturated heterocycles. The summed E-state index contributed by atoms with van der Waals surface area (Å²) >= 11 is 11.6. The summed E-state index contributed by atoms with van der Waals surface area (Å²) < 4.78 is 0. The molecule has 0 aliphatic rings. The van der Waals surface area contributed by atoms with E-state index in [-0.39, 0.29) is 6.42 Å². The summed E-state index contributed by atoms with van der Waals surface area (Å²) in [6.45, 7) is 0.993. The highest BCUT2D eigenvalue weighted by Gasteiger charge is 1.99. The Morgan fingerprint density at radius 2 is 1.87 bits per heavy atom. The fourth-order valence-electron chi connectivity index (χ4n) is 1.14. The Labute approximate surface area is 98.0 Å². The zero-order chi connectivity index (χ0) is 11.3. The lowest BCUT2D eigenvalue weighted by molar-refractivity contribution is -0.136. The van der Waals surface area contributed by atoms with E-state index in [2.05, 4.69) is 5.32 Å². The molecule has 3 nitrogen and oxygen atoms in total. The second kappa shape index (κ2) is 5.95. The van der Waals surface area contributed by atoms with Gasteiger partial charge in [-0.3, -0.25) is 4.79 Å². The summed E-state index contributed by atoms with van der Waals surface area (Å²) in [6.07, 6.45) is 0.105. The number of carboxylic acid groups (broad SMARTS) is 1. The third-order valence-corrected chi connectivity index (χ3v) is 2.20. The molecule has 0 atom stereocenters. The van der Waals surface area contributed by atoms with Gasteiger partial charge < -0.3 is 10.4 Å². The minimum Gasteiger partial charge on any atom is -0.481 e. The molecule has 0 bridgehead atoms. The molecule has 15 heavy (non-hydrogen) atoms. The Hall–Kier alpha value is -0.770. The first-order valence-electron chi connectivity index (χ1n) is 4.45. The van der Waals surface area contributed by atoms with E-state index in [9.17, 15) is 4.79 Å². The topological polar surface area (TPSA) is 49.3 Å². The van der Waals surface area contributed by atoms with E-state index in [1.165, 1.54) is 0 Å². The van der Waals surface area contributed by atoms with Crippen LogP contribution in [-0.4, -0.2) is 17.6 Å². The average Bonchev–Trinajstić information content (AvgIpc) is 2.10. The number of hydrogen-bond acceptors (Lipinski definition) is 2. The quantitative estimate of drug-likeness (QED) is 0.787. The van der Waals surface area contributed by atoms with Crippen LogP contribution in [-0.2, 0) is 11.3 Å². The molecule has 1 aromatic carbocycles. The second-order valence-electron chi connectivity index (χ2n) is 3.10. The van der Waals surface area contributed by atoms with Crippen molar-refractivity contribution >= 4 is 29.2 Å². The molecule has 0 spiro atoms. The molecular formula is C10H11Cl2NO2. The van der Waals surface area contributed by atoms with Gasteiger partial charge in [0.1, 0.15) is 0 Å². The smallest absolute Gasteiger partial charge is 0.304 e. The van der Waals surface area contributed by atoms with Crippen LogP contribution < -0.4 is 5.32 Å². The molecule has 1 aromatic rings. The Balaban J connectivity index is 2.40. The first kappa shape index (κ1) is 12.3. The van der Waals surface area contributed by atoms with E-state index in [1.54, 1.807) is 18.2 Å². The number of hydrogen-bond donors (Lipinski definition) is 2. The maximum atomic E-state index is 10.2. The number of carbonyl (C=O) groups is 1. The zero-order valence-corrected chi connectivity index (χ0v) is 9.48. The minimum absolute atomic E-state index is 0.105. The number of carboxylic acids is 1. The average molecular weight is 248 g/mol. The Kier molecular flexibility index (Phi) is 4.88. The van der Waals surface area contributed by atoms with Gasteiger partial charge in [0.05, 0.1) is 6.42 Å². The van der Waals surface area contributed by atoms with Crippen LogP contribution in [0.5, 0.6) is 0 Å². The molecule has 0 aliphatic carbocycles. The lowest BCUT2D eigenvalue weighted by atomic mass is 10.2. The molecule has 2 N–H and O–H groups in total. The number of nitrogens with one attached hydrogen (secondary N) is 1. The van der Waals surface area contributed by atoms with E-state index < -0.39 is 5.97 Å². The SMILES string of the molecule is O=C(O)CCNCc1cc(Cl)cc(Cl)c1. The summed E-state index contributed by atoms with van der Waals surface area (Å²) in [5.41, 5.74) is 0.942. The molecule has 0 fully saturated rings. The van der Waals surface area contributed by atoms with Crippen molar-refractivity contribution in [1.82, 2.24) is 5.32 Å². The van der Waals surface area contributed by atoms with Gasteiger partial charge in [0.2, 0.25) is 0 Å². The lowest BCUT2D eigenvalue weighted by Gasteiger charge is -2.04. The summed E-state index contributed by atoms with van der Waals surface area (Å²) in [5.74, 6) is -0.813. The molecular weight excluding hydrogens is 237 g/mol. The van der Waals surface area contributed by atoms with Gasteiger partial charge in [0, 0.05) is 23.1 Å². The van der Waals surface area contributed by atoms with E-state index in [0.29, 0.717) is 23.1 Å². The second-order valence-corrected chi connectivity index (χ2v) is 3.97. The van der Waals surface area contributed by atoms with Crippen molar-refractivity contribution in [3.05, 3.63) is 33.8 Å². The van der Waals surface area contributed by atoms with Crippen molar-refractivity contribution in [1.29, 1.82) is 0 Å². The molecule has 5 heteroatoms. The molecule has 1 rings (SSSR count). The third kappa shape index (κ3) is 5.02. The zero-order valence-electron chi connectivity index (χ0n) is 7.96. The Bertz CT molecular complexity index is 335. The Morgan fingerprint density at radius 3 is 2.40 bits per heavy atom. The molecule has 82 valence electrons. The third-order valence-electron chi connectivity index (χ3n) is 1.77.